The Morgan fingerprint density at radius 3 is 2.46 bits per heavy atom. The lowest BCUT2D eigenvalue weighted by Gasteiger charge is -2.35. The topological polar surface area (TPSA) is 77.7 Å². The van der Waals surface area contributed by atoms with E-state index in [1.54, 1.807) is 0 Å². The number of hydrogen-bond acceptors (Lipinski definition) is 5. The van der Waals surface area contributed by atoms with Crippen molar-refractivity contribution in [1.29, 1.82) is 0 Å². The second-order valence-corrected chi connectivity index (χ2v) is 12.1. The van der Waals surface area contributed by atoms with Gasteiger partial charge in [0.1, 0.15) is 0 Å². The van der Waals surface area contributed by atoms with E-state index in [1.165, 1.54) is 32.1 Å². The highest BCUT2D eigenvalue weighted by molar-refractivity contribution is 6.03. The van der Waals surface area contributed by atoms with Gasteiger partial charge in [0.05, 0.1) is 17.8 Å². The highest BCUT2D eigenvalue weighted by Gasteiger charge is 2.34. The number of carbonyl (C=O) groups is 1. The molecule has 0 spiro atoms. The van der Waals surface area contributed by atoms with Gasteiger partial charge >= 0.3 is 0 Å². The van der Waals surface area contributed by atoms with Crippen molar-refractivity contribution in [3.05, 3.63) is 39.2 Å². The van der Waals surface area contributed by atoms with Gasteiger partial charge in [-0.3, -0.25) is 14.5 Å². The normalized spacial score (nSPS) is 24.3. The number of nitrogens with one attached hydrogen (secondary N) is 2. The van der Waals surface area contributed by atoms with Gasteiger partial charge in [-0.2, -0.15) is 0 Å². The summed E-state index contributed by atoms with van der Waals surface area (Å²) in [5.41, 5.74) is 4.38. The van der Waals surface area contributed by atoms with Crippen LogP contribution in [0, 0.1) is 24.7 Å². The van der Waals surface area contributed by atoms with Gasteiger partial charge in [-0.25, -0.2) is 0 Å². The van der Waals surface area contributed by atoms with E-state index in [-0.39, 0.29) is 17.4 Å². The number of pyridine rings is 1. The number of piperazine rings is 1. The summed E-state index contributed by atoms with van der Waals surface area (Å²) in [6.45, 7) is 11.0. The predicted molar refractivity (Wildman–Crippen MR) is 148 cm³/mol. The van der Waals surface area contributed by atoms with Gasteiger partial charge in [-0.15, -0.1) is 0 Å². The first kappa shape index (κ1) is 24.9. The Morgan fingerprint density at radius 2 is 1.81 bits per heavy atom. The third-order valence-electron chi connectivity index (χ3n) is 9.14. The molecule has 1 amide bonds. The van der Waals surface area contributed by atoms with Crippen LogP contribution < -0.4 is 10.9 Å². The standard InChI is InChI=1S/C30H42N4O3/c1-19-3-8-23(19)27-28(31-17-21-4-5-21)25-16-24(20(2)15-26(25)32-29(27)35)30(36)34-11-9-33(10-12-34)13-14-37-18-22-6-7-22/h15-16,19,21-23H,3-14,17-18H2,1-2H3,(H2,31,32,35). The highest BCUT2D eigenvalue weighted by atomic mass is 16.5. The molecule has 2 heterocycles. The average molecular weight is 507 g/mol. The van der Waals surface area contributed by atoms with Crippen LogP contribution in [0.25, 0.3) is 10.9 Å². The number of H-pyrrole nitrogens is 1. The molecule has 7 nitrogen and oxygen atoms in total. The summed E-state index contributed by atoms with van der Waals surface area (Å²) < 4.78 is 5.81. The number of nitrogens with zero attached hydrogens (tertiary/aromatic N) is 2. The van der Waals surface area contributed by atoms with Gasteiger partial charge in [0.2, 0.25) is 0 Å². The van der Waals surface area contributed by atoms with Crippen molar-refractivity contribution in [3.63, 3.8) is 0 Å². The van der Waals surface area contributed by atoms with Crippen LogP contribution in [-0.2, 0) is 4.74 Å². The molecule has 200 valence electrons. The monoisotopic (exact) mass is 506 g/mol. The number of benzene rings is 1. The lowest BCUT2D eigenvalue weighted by molar-refractivity contribution is 0.0538. The van der Waals surface area contributed by atoms with Crippen LogP contribution in [-0.4, -0.2) is 73.2 Å². The molecule has 1 aromatic carbocycles. The molecule has 0 radical (unpaired) electrons. The third kappa shape index (κ3) is 5.44. The van der Waals surface area contributed by atoms with Crippen molar-refractivity contribution >= 4 is 22.5 Å². The zero-order valence-electron chi connectivity index (χ0n) is 22.5. The first-order valence-corrected chi connectivity index (χ1v) is 14.5. The van der Waals surface area contributed by atoms with Gasteiger partial charge < -0.3 is 19.9 Å². The predicted octanol–water partition coefficient (Wildman–Crippen LogP) is 4.36. The van der Waals surface area contributed by atoms with Crippen LogP contribution in [0.2, 0.25) is 0 Å². The van der Waals surface area contributed by atoms with E-state index in [0.717, 1.165) is 98.1 Å². The number of hydrogen-bond donors (Lipinski definition) is 2. The molecule has 2 N–H and O–H groups in total. The summed E-state index contributed by atoms with van der Waals surface area (Å²) in [6, 6.07) is 4.04. The van der Waals surface area contributed by atoms with Crippen LogP contribution >= 0.6 is 0 Å². The molecule has 1 aliphatic heterocycles. The maximum atomic E-state index is 13.7. The van der Waals surface area contributed by atoms with E-state index < -0.39 is 0 Å². The zero-order chi connectivity index (χ0) is 25.5. The molecule has 3 aliphatic carbocycles. The smallest absolute Gasteiger partial charge is 0.254 e. The molecular formula is C30H42N4O3. The minimum absolute atomic E-state index is 0.0260. The molecule has 0 bridgehead atoms. The molecule has 2 atom stereocenters. The SMILES string of the molecule is Cc1cc2[nH]c(=O)c(C3CCC3C)c(NCC3CC3)c2cc1C(=O)N1CCN(CCOCC2CC2)CC1. The van der Waals surface area contributed by atoms with Crippen molar-refractivity contribution in [1.82, 2.24) is 14.8 Å². The number of carbonyl (C=O) groups excluding carboxylic acids is 1. The van der Waals surface area contributed by atoms with Crippen molar-refractivity contribution in [2.75, 3.05) is 57.8 Å². The van der Waals surface area contributed by atoms with Crippen LogP contribution in [0.5, 0.6) is 0 Å². The van der Waals surface area contributed by atoms with Gasteiger partial charge in [0.15, 0.2) is 0 Å². The molecule has 37 heavy (non-hydrogen) atoms. The zero-order valence-corrected chi connectivity index (χ0v) is 22.5. The van der Waals surface area contributed by atoms with Gasteiger partial charge in [-0.05, 0) is 86.8 Å². The molecule has 2 aromatic rings. The highest BCUT2D eigenvalue weighted by Crippen LogP contribution is 2.45. The average Bonchev–Trinajstić information content (AvgIpc) is 3.81. The Morgan fingerprint density at radius 1 is 1.05 bits per heavy atom. The Hall–Kier alpha value is -2.38. The van der Waals surface area contributed by atoms with Crippen molar-refractivity contribution in [3.8, 4) is 0 Å². The van der Waals surface area contributed by atoms with E-state index >= 15 is 0 Å². The van der Waals surface area contributed by atoms with E-state index in [9.17, 15) is 9.59 Å². The summed E-state index contributed by atoms with van der Waals surface area (Å²) in [7, 11) is 0. The summed E-state index contributed by atoms with van der Waals surface area (Å²) in [6.07, 6.45) is 7.38. The van der Waals surface area contributed by atoms with Gasteiger partial charge in [-0.1, -0.05) is 6.92 Å². The molecule has 1 aromatic heterocycles. The van der Waals surface area contributed by atoms with E-state index in [4.69, 9.17) is 4.74 Å². The summed E-state index contributed by atoms with van der Waals surface area (Å²) >= 11 is 0. The largest absolute Gasteiger partial charge is 0.384 e. The summed E-state index contributed by atoms with van der Waals surface area (Å²) in [5.74, 6) is 2.40. The lowest BCUT2D eigenvalue weighted by Crippen LogP contribution is -2.49. The first-order chi connectivity index (χ1) is 18.0. The van der Waals surface area contributed by atoms with Gasteiger partial charge in [0.25, 0.3) is 11.5 Å². The third-order valence-corrected chi connectivity index (χ3v) is 9.14. The lowest BCUT2D eigenvalue weighted by atomic mass is 9.70. The number of rotatable bonds is 10. The number of fused-ring (bicyclic) bond motifs is 1. The minimum Gasteiger partial charge on any atom is -0.384 e. The van der Waals surface area contributed by atoms with Crippen LogP contribution in [0.1, 0.15) is 72.9 Å². The number of amides is 1. The fourth-order valence-corrected chi connectivity index (χ4v) is 5.98. The first-order valence-electron chi connectivity index (χ1n) is 14.5. The van der Waals surface area contributed by atoms with Crippen molar-refractivity contribution < 1.29 is 9.53 Å². The Bertz CT molecular complexity index is 1210. The molecule has 4 aliphatic rings. The van der Waals surface area contributed by atoms with E-state index in [0.29, 0.717) is 11.8 Å². The number of aromatic amines is 1. The van der Waals surface area contributed by atoms with Crippen LogP contribution in [0.4, 0.5) is 5.69 Å². The molecular weight excluding hydrogens is 464 g/mol. The molecule has 3 saturated carbocycles. The van der Waals surface area contributed by atoms with E-state index in [1.807, 2.05) is 24.0 Å². The molecule has 1 saturated heterocycles. The number of ether oxygens (including phenoxy) is 1. The molecule has 2 unspecified atom stereocenters. The molecule has 7 heteroatoms. The maximum absolute atomic E-state index is 13.7. The second-order valence-electron chi connectivity index (χ2n) is 12.1. The van der Waals surface area contributed by atoms with Gasteiger partial charge in [0, 0.05) is 62.4 Å². The Balaban J connectivity index is 1.21. The minimum atomic E-state index is 0.0260. The molecule has 4 fully saturated rings. The second kappa shape index (κ2) is 10.4. The van der Waals surface area contributed by atoms with Crippen LogP contribution in [0.15, 0.2) is 16.9 Å². The Kier molecular flexibility index (Phi) is 7.01. The summed E-state index contributed by atoms with van der Waals surface area (Å²) in [4.78, 5) is 34.5. The quantitative estimate of drug-likeness (QED) is 0.469. The number of aromatic nitrogens is 1. The van der Waals surface area contributed by atoms with Crippen molar-refractivity contribution in [2.24, 2.45) is 17.8 Å². The number of anilines is 1. The number of aryl methyl sites for hydroxylation is 1. The molecule has 6 rings (SSSR count). The van der Waals surface area contributed by atoms with Crippen molar-refractivity contribution in [2.45, 2.75) is 58.3 Å². The van der Waals surface area contributed by atoms with Crippen LogP contribution in [0.3, 0.4) is 0 Å². The fourth-order valence-electron chi connectivity index (χ4n) is 5.98. The summed E-state index contributed by atoms with van der Waals surface area (Å²) in [5, 5.41) is 4.65. The fraction of sp³-hybridized carbons (Fsp3) is 0.667. The Labute approximate surface area is 219 Å². The maximum Gasteiger partial charge on any atom is 0.254 e. The van der Waals surface area contributed by atoms with E-state index in [2.05, 4.69) is 22.1 Å².